The van der Waals surface area contributed by atoms with Crippen LogP contribution in [0.4, 0.5) is 0 Å². The normalized spacial score (nSPS) is 20.9. The van der Waals surface area contributed by atoms with E-state index in [1.807, 2.05) is 0 Å². The van der Waals surface area contributed by atoms with E-state index in [4.69, 9.17) is 0 Å². The number of rotatable bonds is 4. The monoisotopic (exact) mass is 252 g/mol. The van der Waals surface area contributed by atoms with Crippen LogP contribution >= 0.6 is 0 Å². The Morgan fingerprint density at radius 1 is 1.32 bits per heavy atom. The highest BCUT2D eigenvalue weighted by molar-refractivity contribution is 5.46. The van der Waals surface area contributed by atoms with Crippen molar-refractivity contribution >= 4 is 0 Å². The molecule has 0 amide bonds. The van der Waals surface area contributed by atoms with Crippen molar-refractivity contribution in [2.75, 3.05) is 0 Å². The van der Waals surface area contributed by atoms with Crippen LogP contribution in [-0.2, 0) is 11.8 Å². The lowest BCUT2D eigenvalue weighted by molar-refractivity contribution is 0.334. The lowest BCUT2D eigenvalue weighted by atomic mass is 9.69. The van der Waals surface area contributed by atoms with Gasteiger partial charge in [0, 0.05) is 5.41 Å². The molecule has 0 N–H and O–H groups in total. The highest BCUT2D eigenvalue weighted by Crippen LogP contribution is 2.48. The van der Waals surface area contributed by atoms with Gasteiger partial charge < -0.3 is 0 Å². The molecule has 19 heavy (non-hydrogen) atoms. The van der Waals surface area contributed by atoms with Crippen LogP contribution in [-0.4, -0.2) is 0 Å². The smallest absolute Gasteiger partial charge is 0.142 e. The predicted octanol–water partition coefficient (Wildman–Crippen LogP) is 4.03. The second-order valence-electron chi connectivity index (χ2n) is 5.55. The second kappa shape index (κ2) is 5.45. The zero-order valence-corrected chi connectivity index (χ0v) is 11.7. The quantitative estimate of drug-likeness (QED) is 0.812. The van der Waals surface area contributed by atoms with Crippen LogP contribution in [0.25, 0.3) is 0 Å². The zero-order chi connectivity index (χ0) is 13.9. The molecule has 0 saturated heterocycles. The molecule has 2 rings (SSSR count). The van der Waals surface area contributed by atoms with Gasteiger partial charge in [0.2, 0.25) is 0 Å². The Hall–Kier alpha value is -1.80. The van der Waals surface area contributed by atoms with E-state index in [1.165, 1.54) is 16.7 Å². The standard InChI is InChI=1S/C17H20N2/c1-3-4-9-17(14(11-18)12-19)10-8-15-13(2)6-5-7-16(15)17/h5-7,14H,3-4,8-10H2,1-2H3. The summed E-state index contributed by atoms with van der Waals surface area (Å²) in [6, 6.07) is 10.8. The van der Waals surface area contributed by atoms with Crippen molar-refractivity contribution in [3.05, 3.63) is 34.9 Å². The first kappa shape index (κ1) is 13.6. The fraction of sp³-hybridized carbons (Fsp3) is 0.529. The molecule has 0 spiro atoms. The van der Waals surface area contributed by atoms with E-state index in [0.29, 0.717) is 0 Å². The van der Waals surface area contributed by atoms with Crippen LogP contribution in [0.5, 0.6) is 0 Å². The minimum absolute atomic E-state index is 0.235. The van der Waals surface area contributed by atoms with Crippen molar-refractivity contribution in [1.82, 2.24) is 0 Å². The van der Waals surface area contributed by atoms with Crippen LogP contribution in [0.3, 0.4) is 0 Å². The molecular formula is C17H20N2. The summed E-state index contributed by atoms with van der Waals surface area (Å²) >= 11 is 0. The molecule has 0 radical (unpaired) electrons. The first-order chi connectivity index (χ1) is 9.19. The summed E-state index contributed by atoms with van der Waals surface area (Å²) in [5, 5.41) is 18.7. The maximum absolute atomic E-state index is 9.37. The fourth-order valence-electron chi connectivity index (χ4n) is 3.46. The largest absolute Gasteiger partial charge is 0.197 e. The summed E-state index contributed by atoms with van der Waals surface area (Å²) in [5.41, 5.74) is 3.69. The van der Waals surface area contributed by atoms with E-state index in [1.54, 1.807) is 0 Å². The topological polar surface area (TPSA) is 47.6 Å². The molecule has 1 aliphatic rings. The predicted molar refractivity (Wildman–Crippen MR) is 75.4 cm³/mol. The molecule has 0 heterocycles. The molecule has 0 fully saturated rings. The zero-order valence-electron chi connectivity index (χ0n) is 11.7. The Morgan fingerprint density at radius 2 is 2.05 bits per heavy atom. The van der Waals surface area contributed by atoms with Crippen molar-refractivity contribution in [2.24, 2.45) is 5.92 Å². The number of nitrogens with zero attached hydrogens (tertiary/aromatic N) is 2. The van der Waals surface area contributed by atoms with Gasteiger partial charge in [-0.15, -0.1) is 0 Å². The molecule has 1 aromatic rings. The summed E-state index contributed by atoms with van der Waals surface area (Å²) in [5.74, 6) is -0.526. The number of unbranched alkanes of at least 4 members (excludes halogenated alkanes) is 1. The van der Waals surface area contributed by atoms with E-state index in [0.717, 1.165) is 32.1 Å². The lowest BCUT2D eigenvalue weighted by Crippen LogP contribution is -2.31. The Morgan fingerprint density at radius 3 is 2.68 bits per heavy atom. The third kappa shape index (κ3) is 2.13. The van der Waals surface area contributed by atoms with Crippen molar-refractivity contribution in [3.63, 3.8) is 0 Å². The molecule has 0 aromatic heterocycles. The molecule has 0 aliphatic heterocycles. The van der Waals surface area contributed by atoms with Gasteiger partial charge in [-0.3, -0.25) is 0 Å². The van der Waals surface area contributed by atoms with Crippen molar-refractivity contribution in [2.45, 2.75) is 51.4 Å². The van der Waals surface area contributed by atoms with Crippen LogP contribution in [0, 0.1) is 35.5 Å². The molecule has 1 unspecified atom stereocenters. The van der Waals surface area contributed by atoms with Crippen molar-refractivity contribution < 1.29 is 0 Å². The van der Waals surface area contributed by atoms with E-state index in [-0.39, 0.29) is 5.41 Å². The third-order valence-corrected chi connectivity index (χ3v) is 4.55. The van der Waals surface area contributed by atoms with Gasteiger partial charge in [-0.05, 0) is 42.9 Å². The second-order valence-corrected chi connectivity index (χ2v) is 5.55. The van der Waals surface area contributed by atoms with Gasteiger partial charge in [0.05, 0.1) is 12.1 Å². The average Bonchev–Trinajstić information content (AvgIpc) is 2.80. The SMILES string of the molecule is CCCCC1(C(C#N)C#N)CCc2c(C)cccc21. The molecule has 98 valence electrons. The molecule has 0 saturated carbocycles. The summed E-state index contributed by atoms with van der Waals surface area (Å²) < 4.78 is 0. The molecule has 0 bridgehead atoms. The van der Waals surface area contributed by atoms with Gasteiger partial charge in [0.15, 0.2) is 0 Å². The number of hydrogen-bond donors (Lipinski definition) is 0. The minimum Gasteiger partial charge on any atom is -0.197 e. The maximum atomic E-state index is 9.37. The summed E-state index contributed by atoms with van der Waals surface area (Å²) in [7, 11) is 0. The molecule has 1 aromatic carbocycles. The van der Waals surface area contributed by atoms with Gasteiger partial charge in [-0.1, -0.05) is 38.0 Å². The highest BCUT2D eigenvalue weighted by Gasteiger charge is 2.45. The molecule has 2 heteroatoms. The Balaban J connectivity index is 2.52. The van der Waals surface area contributed by atoms with Gasteiger partial charge in [0.1, 0.15) is 5.92 Å². The number of nitriles is 2. The summed E-state index contributed by atoms with van der Waals surface area (Å²) in [6.45, 7) is 4.29. The van der Waals surface area contributed by atoms with E-state index < -0.39 is 5.92 Å². The first-order valence-electron chi connectivity index (χ1n) is 7.08. The summed E-state index contributed by atoms with van der Waals surface area (Å²) in [4.78, 5) is 0. The molecule has 1 aliphatic carbocycles. The van der Waals surface area contributed by atoms with Gasteiger partial charge in [0.25, 0.3) is 0 Å². The van der Waals surface area contributed by atoms with Crippen LogP contribution in [0.2, 0.25) is 0 Å². The van der Waals surface area contributed by atoms with Gasteiger partial charge >= 0.3 is 0 Å². The van der Waals surface area contributed by atoms with E-state index in [9.17, 15) is 10.5 Å². The van der Waals surface area contributed by atoms with Gasteiger partial charge in [-0.25, -0.2) is 0 Å². The lowest BCUT2D eigenvalue weighted by Gasteiger charge is -2.31. The number of fused-ring (bicyclic) bond motifs is 1. The van der Waals surface area contributed by atoms with E-state index >= 15 is 0 Å². The highest BCUT2D eigenvalue weighted by atomic mass is 14.5. The first-order valence-corrected chi connectivity index (χ1v) is 7.08. The summed E-state index contributed by atoms with van der Waals surface area (Å²) in [6.07, 6.45) is 5.08. The molecule has 1 atom stereocenters. The number of benzene rings is 1. The number of aryl methyl sites for hydroxylation is 1. The minimum atomic E-state index is -0.526. The number of hydrogen-bond acceptors (Lipinski definition) is 2. The van der Waals surface area contributed by atoms with Crippen LogP contribution < -0.4 is 0 Å². The van der Waals surface area contributed by atoms with Crippen molar-refractivity contribution in [3.8, 4) is 12.1 Å². The Labute approximate surface area is 115 Å². The molecular weight excluding hydrogens is 232 g/mol. The maximum Gasteiger partial charge on any atom is 0.142 e. The van der Waals surface area contributed by atoms with Crippen LogP contribution in [0.1, 0.15) is 49.3 Å². The Bertz CT molecular complexity index is 533. The third-order valence-electron chi connectivity index (χ3n) is 4.55. The fourth-order valence-corrected chi connectivity index (χ4v) is 3.46. The van der Waals surface area contributed by atoms with Gasteiger partial charge in [-0.2, -0.15) is 10.5 Å². The van der Waals surface area contributed by atoms with E-state index in [2.05, 4.69) is 44.2 Å². The Kier molecular flexibility index (Phi) is 3.91. The van der Waals surface area contributed by atoms with Crippen LogP contribution in [0.15, 0.2) is 18.2 Å². The average molecular weight is 252 g/mol. The van der Waals surface area contributed by atoms with Crippen molar-refractivity contribution in [1.29, 1.82) is 10.5 Å². The molecule has 2 nitrogen and oxygen atoms in total.